The quantitative estimate of drug-likeness (QED) is 0.540. The zero-order chi connectivity index (χ0) is 19.5. The summed E-state index contributed by atoms with van der Waals surface area (Å²) < 4.78 is 7.96. The number of fused-ring (bicyclic) bond motifs is 1. The molecular weight excluding hydrogens is 352 g/mol. The number of hydrogen-bond acceptors (Lipinski definition) is 5. The first-order valence-corrected chi connectivity index (χ1v) is 9.13. The molecular formula is C22H22N4O2. The van der Waals surface area contributed by atoms with Crippen LogP contribution in [0.15, 0.2) is 60.7 Å². The van der Waals surface area contributed by atoms with Gasteiger partial charge in [0.05, 0.1) is 24.2 Å². The molecule has 2 aromatic carbocycles. The standard InChI is InChI=1S/C22H22N4O2/c1-15-7-10-21(28-14-16-5-3-2-4-6-16)19(24-15)12-26-20-9-8-17(13-27)11-18(20)25-22(26)23/h2-11,27H,12-14H2,1H3,(H2,23,25). The molecule has 0 aliphatic rings. The average molecular weight is 374 g/mol. The van der Waals surface area contributed by atoms with Crippen LogP contribution in [-0.4, -0.2) is 19.6 Å². The maximum atomic E-state index is 9.34. The number of rotatable bonds is 6. The maximum absolute atomic E-state index is 9.34. The van der Waals surface area contributed by atoms with E-state index in [1.165, 1.54) is 0 Å². The smallest absolute Gasteiger partial charge is 0.201 e. The molecule has 0 aliphatic carbocycles. The highest BCUT2D eigenvalue weighted by molar-refractivity contribution is 5.79. The van der Waals surface area contributed by atoms with E-state index in [1.807, 2.05) is 72.2 Å². The van der Waals surface area contributed by atoms with Gasteiger partial charge in [0.1, 0.15) is 18.1 Å². The summed E-state index contributed by atoms with van der Waals surface area (Å²) in [5.74, 6) is 1.13. The van der Waals surface area contributed by atoms with Crippen LogP contribution < -0.4 is 10.5 Å². The fourth-order valence-corrected chi connectivity index (χ4v) is 3.19. The van der Waals surface area contributed by atoms with Crippen molar-refractivity contribution in [2.45, 2.75) is 26.7 Å². The Labute approximate surface area is 163 Å². The normalized spacial score (nSPS) is 11.1. The molecule has 2 aromatic heterocycles. The van der Waals surface area contributed by atoms with Gasteiger partial charge in [-0.15, -0.1) is 0 Å². The van der Waals surface area contributed by atoms with Gasteiger partial charge in [-0.2, -0.15) is 0 Å². The first-order valence-electron chi connectivity index (χ1n) is 9.13. The predicted molar refractivity (Wildman–Crippen MR) is 109 cm³/mol. The van der Waals surface area contributed by atoms with E-state index in [0.717, 1.165) is 39.3 Å². The van der Waals surface area contributed by atoms with Crippen LogP contribution in [0.2, 0.25) is 0 Å². The van der Waals surface area contributed by atoms with E-state index < -0.39 is 0 Å². The largest absolute Gasteiger partial charge is 0.487 e. The molecule has 0 unspecified atom stereocenters. The third-order valence-electron chi connectivity index (χ3n) is 4.64. The SMILES string of the molecule is Cc1ccc(OCc2ccccc2)c(Cn2c(N)nc3cc(CO)ccc32)n1. The third-order valence-corrected chi connectivity index (χ3v) is 4.64. The van der Waals surface area contributed by atoms with Crippen LogP contribution in [0.1, 0.15) is 22.5 Å². The Balaban J connectivity index is 1.65. The van der Waals surface area contributed by atoms with E-state index in [1.54, 1.807) is 0 Å². The van der Waals surface area contributed by atoms with E-state index in [-0.39, 0.29) is 6.61 Å². The Morgan fingerprint density at radius 3 is 2.61 bits per heavy atom. The number of aliphatic hydroxyl groups is 1. The van der Waals surface area contributed by atoms with Crippen molar-refractivity contribution in [2.75, 3.05) is 5.73 Å². The van der Waals surface area contributed by atoms with Gasteiger partial charge in [0.15, 0.2) is 0 Å². The van der Waals surface area contributed by atoms with Crippen molar-refractivity contribution < 1.29 is 9.84 Å². The number of nitrogens with two attached hydrogens (primary N) is 1. The Morgan fingerprint density at radius 2 is 1.82 bits per heavy atom. The van der Waals surface area contributed by atoms with Gasteiger partial charge in [-0.25, -0.2) is 4.98 Å². The molecule has 0 saturated heterocycles. The Morgan fingerprint density at radius 1 is 1.00 bits per heavy atom. The van der Waals surface area contributed by atoms with Crippen molar-refractivity contribution in [3.05, 3.63) is 83.2 Å². The zero-order valence-electron chi connectivity index (χ0n) is 15.7. The second-order valence-corrected chi connectivity index (χ2v) is 6.71. The summed E-state index contributed by atoms with van der Waals surface area (Å²) in [5.41, 5.74) is 11.4. The number of anilines is 1. The van der Waals surface area contributed by atoms with Gasteiger partial charge in [0.2, 0.25) is 5.95 Å². The average Bonchev–Trinajstić information content (AvgIpc) is 3.02. The molecule has 0 fully saturated rings. The van der Waals surface area contributed by atoms with Crippen molar-refractivity contribution in [3.8, 4) is 5.75 Å². The molecule has 0 bridgehead atoms. The third kappa shape index (κ3) is 3.68. The Kier molecular flexibility index (Phi) is 4.95. The van der Waals surface area contributed by atoms with Gasteiger partial charge < -0.3 is 20.1 Å². The minimum atomic E-state index is -0.0282. The predicted octanol–water partition coefficient (Wildman–Crippen LogP) is 3.44. The van der Waals surface area contributed by atoms with Crippen LogP contribution in [-0.2, 0) is 19.8 Å². The van der Waals surface area contributed by atoms with Crippen LogP contribution >= 0.6 is 0 Å². The molecule has 142 valence electrons. The highest BCUT2D eigenvalue weighted by Gasteiger charge is 2.13. The molecule has 0 aliphatic heterocycles. The Bertz CT molecular complexity index is 1110. The van der Waals surface area contributed by atoms with Crippen LogP contribution in [0.25, 0.3) is 11.0 Å². The van der Waals surface area contributed by atoms with Crippen LogP contribution in [0.5, 0.6) is 5.75 Å². The number of aryl methyl sites for hydroxylation is 1. The van der Waals surface area contributed by atoms with E-state index in [0.29, 0.717) is 19.1 Å². The molecule has 0 saturated carbocycles. The molecule has 6 nitrogen and oxygen atoms in total. The summed E-state index contributed by atoms with van der Waals surface area (Å²) in [4.78, 5) is 9.10. The number of imidazole rings is 1. The summed E-state index contributed by atoms with van der Waals surface area (Å²) in [5, 5.41) is 9.34. The summed E-state index contributed by atoms with van der Waals surface area (Å²) in [6, 6.07) is 19.5. The minimum absolute atomic E-state index is 0.0282. The number of pyridine rings is 1. The van der Waals surface area contributed by atoms with Crippen LogP contribution in [0, 0.1) is 6.92 Å². The number of aliphatic hydroxyl groups excluding tert-OH is 1. The summed E-state index contributed by atoms with van der Waals surface area (Å²) in [6.45, 7) is 2.85. The number of aromatic nitrogens is 3. The minimum Gasteiger partial charge on any atom is -0.487 e. The summed E-state index contributed by atoms with van der Waals surface area (Å²) >= 11 is 0. The van der Waals surface area contributed by atoms with Gasteiger partial charge in [-0.05, 0) is 42.3 Å². The van der Waals surface area contributed by atoms with Crippen molar-refractivity contribution in [1.29, 1.82) is 0 Å². The zero-order valence-corrected chi connectivity index (χ0v) is 15.7. The summed E-state index contributed by atoms with van der Waals surface area (Å²) in [7, 11) is 0. The van der Waals surface area contributed by atoms with E-state index >= 15 is 0 Å². The molecule has 6 heteroatoms. The molecule has 4 aromatic rings. The lowest BCUT2D eigenvalue weighted by atomic mass is 10.2. The van der Waals surface area contributed by atoms with Gasteiger partial charge in [-0.3, -0.25) is 4.98 Å². The topological polar surface area (TPSA) is 86.2 Å². The second kappa shape index (κ2) is 7.70. The molecule has 4 rings (SSSR count). The number of nitrogen functional groups attached to an aromatic ring is 1. The molecule has 0 amide bonds. The molecule has 3 N–H and O–H groups in total. The molecule has 28 heavy (non-hydrogen) atoms. The summed E-state index contributed by atoms with van der Waals surface area (Å²) in [6.07, 6.45) is 0. The number of ether oxygens (including phenoxy) is 1. The van der Waals surface area contributed by atoms with Crippen molar-refractivity contribution >= 4 is 17.0 Å². The van der Waals surface area contributed by atoms with Gasteiger partial charge >= 0.3 is 0 Å². The monoisotopic (exact) mass is 374 g/mol. The van der Waals surface area contributed by atoms with E-state index in [2.05, 4.69) is 9.97 Å². The van der Waals surface area contributed by atoms with Gasteiger partial charge in [0.25, 0.3) is 0 Å². The lowest BCUT2D eigenvalue weighted by Crippen LogP contribution is -2.09. The number of hydrogen-bond donors (Lipinski definition) is 2. The molecule has 0 radical (unpaired) electrons. The number of benzene rings is 2. The van der Waals surface area contributed by atoms with Crippen LogP contribution in [0.3, 0.4) is 0 Å². The first-order chi connectivity index (χ1) is 13.6. The molecule has 0 atom stereocenters. The maximum Gasteiger partial charge on any atom is 0.201 e. The van der Waals surface area contributed by atoms with Crippen LogP contribution in [0.4, 0.5) is 5.95 Å². The first kappa shape index (κ1) is 18.0. The molecule has 2 heterocycles. The molecule has 0 spiro atoms. The Hall–Kier alpha value is -3.38. The highest BCUT2D eigenvalue weighted by atomic mass is 16.5. The second-order valence-electron chi connectivity index (χ2n) is 6.71. The van der Waals surface area contributed by atoms with E-state index in [4.69, 9.17) is 10.5 Å². The lowest BCUT2D eigenvalue weighted by molar-refractivity contribution is 0.282. The fraction of sp³-hybridized carbons (Fsp3) is 0.182. The van der Waals surface area contributed by atoms with Gasteiger partial charge in [0, 0.05) is 5.69 Å². The lowest BCUT2D eigenvalue weighted by Gasteiger charge is -2.13. The fourth-order valence-electron chi connectivity index (χ4n) is 3.19. The van der Waals surface area contributed by atoms with Crippen molar-refractivity contribution in [1.82, 2.24) is 14.5 Å². The number of nitrogens with zero attached hydrogens (tertiary/aromatic N) is 3. The van der Waals surface area contributed by atoms with Gasteiger partial charge in [-0.1, -0.05) is 36.4 Å². The highest BCUT2D eigenvalue weighted by Crippen LogP contribution is 2.25. The van der Waals surface area contributed by atoms with E-state index in [9.17, 15) is 5.11 Å². The van der Waals surface area contributed by atoms with Crippen molar-refractivity contribution in [2.24, 2.45) is 0 Å². The van der Waals surface area contributed by atoms with Crippen molar-refractivity contribution in [3.63, 3.8) is 0 Å².